The van der Waals surface area contributed by atoms with Crippen molar-refractivity contribution in [1.29, 1.82) is 0 Å². The molecule has 0 fully saturated rings. The quantitative estimate of drug-likeness (QED) is 0.406. The third-order valence-corrected chi connectivity index (χ3v) is 4.09. The third kappa shape index (κ3) is 5.70. The summed E-state index contributed by atoms with van der Waals surface area (Å²) < 4.78 is 1.56. The van der Waals surface area contributed by atoms with Crippen molar-refractivity contribution in [2.75, 3.05) is 6.54 Å². The maximum atomic E-state index is 12.0. The molecule has 7 heteroatoms. The van der Waals surface area contributed by atoms with Crippen LogP contribution in [0.1, 0.15) is 48.5 Å². The van der Waals surface area contributed by atoms with Crippen LogP contribution in [0.3, 0.4) is 0 Å². The van der Waals surface area contributed by atoms with Crippen molar-refractivity contribution in [2.24, 2.45) is 0 Å². The van der Waals surface area contributed by atoms with Crippen LogP contribution in [0.4, 0.5) is 5.95 Å². The van der Waals surface area contributed by atoms with Gasteiger partial charge in [-0.05, 0) is 41.9 Å². The average molecular weight is 344 g/mol. The van der Waals surface area contributed by atoms with Crippen molar-refractivity contribution in [3.05, 3.63) is 57.9 Å². The minimum Gasteiger partial charge on any atom is -0.390 e. The van der Waals surface area contributed by atoms with Crippen LogP contribution < -0.4 is 5.32 Å². The van der Waals surface area contributed by atoms with Gasteiger partial charge in [0.1, 0.15) is 12.4 Å². The largest absolute Gasteiger partial charge is 0.434 e. The van der Waals surface area contributed by atoms with Crippen LogP contribution in [0.5, 0.6) is 0 Å². The fourth-order valence-electron chi connectivity index (χ4n) is 2.60. The van der Waals surface area contributed by atoms with Gasteiger partial charge in [-0.3, -0.25) is 4.79 Å². The Balaban J connectivity index is 1.59. The van der Waals surface area contributed by atoms with E-state index in [4.69, 9.17) is 0 Å². The number of aromatic nitrogens is 2. The van der Waals surface area contributed by atoms with Crippen molar-refractivity contribution in [3.8, 4) is 0 Å². The summed E-state index contributed by atoms with van der Waals surface area (Å²) in [6, 6.07) is 7.66. The van der Waals surface area contributed by atoms with E-state index in [-0.39, 0.29) is 11.9 Å². The molecule has 134 valence electrons. The predicted molar refractivity (Wildman–Crippen MR) is 95.5 cm³/mol. The summed E-state index contributed by atoms with van der Waals surface area (Å²) in [6.45, 7) is 3.31. The Hall–Kier alpha value is -2.70. The molecule has 25 heavy (non-hydrogen) atoms. The summed E-state index contributed by atoms with van der Waals surface area (Å²) in [5, 5.41) is 13.7. The second-order valence-electron chi connectivity index (χ2n) is 5.90. The first kappa shape index (κ1) is 18.6. The van der Waals surface area contributed by atoms with Gasteiger partial charge in [-0.2, -0.15) is 0 Å². The van der Waals surface area contributed by atoms with Gasteiger partial charge in [0.2, 0.25) is 0 Å². The molecule has 1 N–H and O–H groups in total. The molecule has 0 saturated carbocycles. The lowest BCUT2D eigenvalue weighted by molar-refractivity contribution is -0.396. The highest BCUT2D eigenvalue weighted by molar-refractivity contribution is 5.94. The van der Waals surface area contributed by atoms with Gasteiger partial charge in [0, 0.05) is 12.1 Å². The number of imidazole rings is 1. The molecule has 2 aromatic rings. The molecular formula is C18H24N4O3. The number of nitrogens with one attached hydrogen (secondary N) is 1. The maximum absolute atomic E-state index is 12.0. The van der Waals surface area contributed by atoms with E-state index in [0.717, 1.165) is 32.1 Å². The van der Waals surface area contributed by atoms with E-state index in [9.17, 15) is 14.9 Å². The van der Waals surface area contributed by atoms with Gasteiger partial charge < -0.3 is 15.4 Å². The van der Waals surface area contributed by atoms with Gasteiger partial charge in [0.15, 0.2) is 0 Å². The van der Waals surface area contributed by atoms with E-state index in [1.807, 2.05) is 24.3 Å². The summed E-state index contributed by atoms with van der Waals surface area (Å²) >= 11 is 0. The lowest BCUT2D eigenvalue weighted by Crippen LogP contribution is -2.24. The normalized spacial score (nSPS) is 10.6. The minimum absolute atomic E-state index is 0.0447. The van der Waals surface area contributed by atoms with E-state index in [0.29, 0.717) is 18.7 Å². The fourth-order valence-corrected chi connectivity index (χ4v) is 2.60. The van der Waals surface area contributed by atoms with E-state index in [1.165, 1.54) is 11.8 Å². The molecule has 1 aromatic carbocycles. The molecule has 0 saturated heterocycles. The van der Waals surface area contributed by atoms with Gasteiger partial charge in [-0.25, -0.2) is 4.57 Å². The lowest BCUT2D eigenvalue weighted by atomic mass is 10.1. The van der Waals surface area contributed by atoms with Crippen LogP contribution in [0.2, 0.25) is 0 Å². The monoisotopic (exact) mass is 344 g/mol. The average Bonchev–Trinajstić information content (AvgIpc) is 3.09. The number of hydrogen-bond donors (Lipinski definition) is 1. The lowest BCUT2D eigenvalue weighted by Gasteiger charge is -2.06. The van der Waals surface area contributed by atoms with Crippen LogP contribution in [-0.4, -0.2) is 26.9 Å². The number of aryl methyl sites for hydroxylation is 2. The molecule has 0 aliphatic heterocycles. The third-order valence-electron chi connectivity index (χ3n) is 4.09. The molecule has 0 unspecified atom stereocenters. The van der Waals surface area contributed by atoms with Crippen LogP contribution >= 0.6 is 0 Å². The zero-order valence-corrected chi connectivity index (χ0v) is 14.5. The Bertz CT molecular complexity index is 695. The number of carbonyl (C=O) groups excluding carboxylic acids is 1. The second-order valence-corrected chi connectivity index (χ2v) is 5.90. The summed E-state index contributed by atoms with van der Waals surface area (Å²) in [6.07, 6.45) is 7.70. The Labute approximate surface area is 147 Å². The first-order valence-electron chi connectivity index (χ1n) is 8.64. The smallest absolute Gasteiger partial charge is 0.390 e. The van der Waals surface area contributed by atoms with Crippen molar-refractivity contribution in [3.63, 3.8) is 0 Å². The summed E-state index contributed by atoms with van der Waals surface area (Å²) in [5.41, 5.74) is 1.90. The first-order valence-corrected chi connectivity index (χ1v) is 8.64. The van der Waals surface area contributed by atoms with Crippen molar-refractivity contribution >= 4 is 11.9 Å². The SMILES string of the molecule is CCc1ccc(C(=O)NCCCCCCn2ccnc2[N+](=O)[O-])cc1. The molecular weight excluding hydrogens is 320 g/mol. The Morgan fingerprint density at radius 1 is 1.20 bits per heavy atom. The molecule has 1 amide bonds. The van der Waals surface area contributed by atoms with Crippen LogP contribution in [0.15, 0.2) is 36.7 Å². The number of carbonyl (C=O) groups is 1. The van der Waals surface area contributed by atoms with Gasteiger partial charge in [-0.15, -0.1) is 0 Å². The highest BCUT2D eigenvalue weighted by atomic mass is 16.6. The fraction of sp³-hybridized carbons (Fsp3) is 0.444. The highest BCUT2D eigenvalue weighted by Crippen LogP contribution is 2.10. The topological polar surface area (TPSA) is 90.1 Å². The Kier molecular flexibility index (Phi) is 7.13. The molecule has 0 aliphatic rings. The molecule has 1 heterocycles. The van der Waals surface area contributed by atoms with Gasteiger partial charge in [-0.1, -0.05) is 36.9 Å². The molecule has 7 nitrogen and oxygen atoms in total. The van der Waals surface area contributed by atoms with Crippen LogP contribution in [0.25, 0.3) is 0 Å². The van der Waals surface area contributed by atoms with Gasteiger partial charge in [0.05, 0.1) is 6.54 Å². The number of amides is 1. The summed E-state index contributed by atoms with van der Waals surface area (Å²) in [7, 11) is 0. The van der Waals surface area contributed by atoms with Crippen LogP contribution in [0, 0.1) is 10.1 Å². The Morgan fingerprint density at radius 3 is 2.60 bits per heavy atom. The van der Waals surface area contributed by atoms with Gasteiger partial charge in [0.25, 0.3) is 5.91 Å². The molecule has 0 radical (unpaired) electrons. The zero-order chi connectivity index (χ0) is 18.1. The molecule has 0 atom stereocenters. The maximum Gasteiger partial charge on any atom is 0.434 e. The van der Waals surface area contributed by atoms with Crippen molar-refractivity contribution < 1.29 is 9.72 Å². The van der Waals surface area contributed by atoms with E-state index >= 15 is 0 Å². The Morgan fingerprint density at radius 2 is 1.92 bits per heavy atom. The highest BCUT2D eigenvalue weighted by Gasteiger charge is 2.12. The van der Waals surface area contributed by atoms with E-state index in [2.05, 4.69) is 17.2 Å². The van der Waals surface area contributed by atoms with E-state index < -0.39 is 4.92 Å². The van der Waals surface area contributed by atoms with E-state index in [1.54, 1.807) is 10.8 Å². The first-order chi connectivity index (χ1) is 12.1. The zero-order valence-electron chi connectivity index (χ0n) is 14.5. The number of rotatable bonds is 10. The van der Waals surface area contributed by atoms with Crippen LogP contribution in [-0.2, 0) is 13.0 Å². The molecule has 1 aromatic heterocycles. The number of benzene rings is 1. The van der Waals surface area contributed by atoms with Gasteiger partial charge >= 0.3 is 5.95 Å². The number of nitro groups is 1. The standard InChI is InChI=1S/C18H24N4O3/c1-2-15-7-9-16(10-8-15)17(23)19-11-5-3-4-6-13-21-14-12-20-18(21)22(24)25/h7-10,12,14H,2-6,11,13H2,1H3,(H,19,23). The predicted octanol–water partition coefficient (Wildman–Crippen LogP) is 3.34. The molecule has 0 aliphatic carbocycles. The van der Waals surface area contributed by atoms with Crippen molar-refractivity contribution in [2.45, 2.75) is 45.6 Å². The molecule has 0 bridgehead atoms. The second kappa shape index (κ2) is 9.56. The minimum atomic E-state index is -0.470. The summed E-state index contributed by atoms with van der Waals surface area (Å²) in [4.78, 5) is 26.0. The molecule has 2 rings (SSSR count). The molecule has 0 spiro atoms. The number of hydrogen-bond acceptors (Lipinski definition) is 4. The number of unbranched alkanes of at least 4 members (excludes halogenated alkanes) is 3. The van der Waals surface area contributed by atoms with Crippen molar-refractivity contribution in [1.82, 2.24) is 14.9 Å². The summed E-state index contributed by atoms with van der Waals surface area (Å²) in [5.74, 6) is -0.155. The number of nitrogens with zero attached hydrogens (tertiary/aromatic N) is 3.